The van der Waals surface area contributed by atoms with Gasteiger partial charge in [0.15, 0.2) is 11.5 Å². The molecule has 222 valence electrons. The third-order valence-corrected chi connectivity index (χ3v) is 9.53. The van der Waals surface area contributed by atoms with Gasteiger partial charge in [0.25, 0.3) is 17.3 Å². The summed E-state index contributed by atoms with van der Waals surface area (Å²) in [4.78, 5) is 41.6. The van der Waals surface area contributed by atoms with Gasteiger partial charge in [0, 0.05) is 71.5 Å². The number of benzene rings is 1. The first-order valence-electron chi connectivity index (χ1n) is 13.7. The zero-order chi connectivity index (χ0) is 29.7. The van der Waals surface area contributed by atoms with E-state index in [0.717, 1.165) is 10.6 Å². The number of thioether (sulfide) groups is 1. The number of nitrogens with one attached hydrogen (secondary N) is 3. The van der Waals surface area contributed by atoms with Crippen LogP contribution >= 0.6 is 23.4 Å². The van der Waals surface area contributed by atoms with Gasteiger partial charge < -0.3 is 25.1 Å². The Bertz CT molecular complexity index is 1430. The van der Waals surface area contributed by atoms with Crippen molar-refractivity contribution in [3.05, 3.63) is 49.9 Å². The lowest BCUT2D eigenvalue weighted by Crippen LogP contribution is -2.50. The number of fused-ring (bicyclic) bond motifs is 1. The van der Waals surface area contributed by atoms with Crippen LogP contribution in [0.1, 0.15) is 72.6 Å². The first-order valence-corrected chi connectivity index (χ1v) is 15.3. The molecule has 3 aliphatic rings. The lowest BCUT2D eigenvalue weighted by atomic mass is 9.79. The Labute approximate surface area is 246 Å². The van der Waals surface area contributed by atoms with E-state index in [1.54, 1.807) is 19.9 Å². The number of carbonyl (C=O) groups excluding carboxylic acids is 2. The molecule has 2 aromatic rings. The maximum absolute atomic E-state index is 13.2. The predicted octanol–water partition coefficient (Wildman–Crippen LogP) is 5.50. The minimum Gasteiger partial charge on any atom is -0.448 e. The van der Waals surface area contributed by atoms with Gasteiger partial charge >= 0.3 is 0 Å². The van der Waals surface area contributed by atoms with Crippen LogP contribution in [0.4, 0.5) is 8.78 Å². The van der Waals surface area contributed by atoms with Crippen molar-refractivity contribution in [2.75, 3.05) is 6.26 Å². The standard InChI is InChI=1S/C29H34ClF2N3O5S/c1-14-9-22(41-4)20(27(38)34-14)13-33-26(37)19-10-21(30)24-23(15(19)2)39-28(3,40-24)17-5-7-18(8-6-17)35-25(36)16-11-29(31,32)12-16/h9-10,16-18H,5-8,11-13H2,1-4H3,(H,33,37)(H,34,38)(H,35,36)/t17?,18?,28-/m1/s1. The summed E-state index contributed by atoms with van der Waals surface area (Å²) < 4.78 is 38.9. The topological polar surface area (TPSA) is 110 Å². The van der Waals surface area contributed by atoms with Gasteiger partial charge in [-0.2, -0.15) is 0 Å². The van der Waals surface area contributed by atoms with Crippen molar-refractivity contribution in [1.29, 1.82) is 0 Å². The SMILES string of the molecule is CSc1cc(C)[nH]c(=O)c1CNC(=O)c1cc(Cl)c2c(c1C)O[C@@](C)(C1CCC(NC(=O)C3CC(F)(F)C3)CC1)O2. The molecule has 1 aromatic carbocycles. The van der Waals surface area contributed by atoms with Crippen LogP contribution < -0.4 is 25.7 Å². The van der Waals surface area contributed by atoms with Gasteiger partial charge in [-0.3, -0.25) is 14.4 Å². The van der Waals surface area contributed by atoms with Crippen molar-refractivity contribution in [1.82, 2.24) is 15.6 Å². The maximum Gasteiger partial charge on any atom is 0.254 e. The summed E-state index contributed by atoms with van der Waals surface area (Å²) >= 11 is 8.01. The Hall–Kier alpha value is -2.79. The summed E-state index contributed by atoms with van der Waals surface area (Å²) in [7, 11) is 0. The van der Waals surface area contributed by atoms with Crippen LogP contribution in [-0.4, -0.2) is 40.8 Å². The third kappa shape index (κ3) is 5.93. The van der Waals surface area contributed by atoms with Gasteiger partial charge in [0.2, 0.25) is 11.8 Å². The third-order valence-electron chi connectivity index (χ3n) is 8.44. The van der Waals surface area contributed by atoms with E-state index in [0.29, 0.717) is 53.9 Å². The number of ether oxygens (including phenoxy) is 2. The van der Waals surface area contributed by atoms with E-state index in [1.165, 1.54) is 11.8 Å². The van der Waals surface area contributed by atoms with Crippen LogP contribution in [0.15, 0.2) is 21.8 Å². The fourth-order valence-corrected chi connectivity index (χ4v) is 6.92. The lowest BCUT2D eigenvalue weighted by molar-refractivity contribution is -0.151. The predicted molar refractivity (Wildman–Crippen MR) is 152 cm³/mol. The highest BCUT2D eigenvalue weighted by Gasteiger charge is 2.50. The van der Waals surface area contributed by atoms with Gasteiger partial charge in [0.05, 0.1) is 5.02 Å². The normalized spacial score (nSPS) is 25.0. The number of aromatic amines is 1. The van der Waals surface area contributed by atoms with E-state index in [2.05, 4.69) is 15.6 Å². The summed E-state index contributed by atoms with van der Waals surface area (Å²) in [6.45, 7) is 5.47. The number of halogens is 3. The largest absolute Gasteiger partial charge is 0.448 e. The molecule has 2 saturated carbocycles. The molecule has 1 atom stereocenters. The number of hydrogen-bond donors (Lipinski definition) is 3. The lowest BCUT2D eigenvalue weighted by Gasteiger charge is -2.39. The summed E-state index contributed by atoms with van der Waals surface area (Å²) in [5.41, 5.74) is 1.88. The van der Waals surface area contributed by atoms with Crippen molar-refractivity contribution in [3.8, 4) is 11.5 Å². The van der Waals surface area contributed by atoms with Crippen LogP contribution in [0.3, 0.4) is 0 Å². The molecule has 2 fully saturated rings. The molecule has 1 aliphatic heterocycles. The quantitative estimate of drug-likeness (QED) is 0.358. The average Bonchev–Trinajstić information content (AvgIpc) is 3.28. The number of pyridine rings is 1. The molecule has 5 rings (SSSR count). The molecule has 2 amide bonds. The number of H-pyrrole nitrogens is 1. The fraction of sp³-hybridized carbons (Fsp3) is 0.552. The molecule has 0 bridgehead atoms. The number of hydrogen-bond acceptors (Lipinski definition) is 6. The van der Waals surface area contributed by atoms with Gasteiger partial charge in [0.1, 0.15) is 0 Å². The van der Waals surface area contributed by atoms with Crippen LogP contribution in [0.5, 0.6) is 11.5 Å². The molecule has 1 aromatic heterocycles. The molecule has 0 radical (unpaired) electrons. The number of aryl methyl sites for hydroxylation is 1. The fourth-order valence-electron chi connectivity index (χ4n) is 5.98. The van der Waals surface area contributed by atoms with E-state index in [4.69, 9.17) is 21.1 Å². The zero-order valence-corrected chi connectivity index (χ0v) is 25.0. The maximum atomic E-state index is 13.2. The minimum absolute atomic E-state index is 0.0120. The van der Waals surface area contributed by atoms with Gasteiger partial charge in [-0.05, 0) is 57.9 Å². The number of alkyl halides is 2. The second-order valence-corrected chi connectivity index (χ2v) is 12.7. The molecule has 0 saturated heterocycles. The van der Waals surface area contributed by atoms with Crippen molar-refractivity contribution >= 4 is 35.2 Å². The number of rotatable bonds is 7. The van der Waals surface area contributed by atoms with E-state index in [9.17, 15) is 23.2 Å². The molecule has 0 unspecified atom stereocenters. The molecule has 3 N–H and O–H groups in total. The molecule has 2 heterocycles. The summed E-state index contributed by atoms with van der Waals surface area (Å²) in [6, 6.07) is 3.34. The minimum atomic E-state index is -2.72. The summed E-state index contributed by atoms with van der Waals surface area (Å²) in [5.74, 6) is -4.26. The highest BCUT2D eigenvalue weighted by atomic mass is 35.5. The van der Waals surface area contributed by atoms with Crippen LogP contribution in [0, 0.1) is 25.7 Å². The molecular weight excluding hydrogens is 576 g/mol. The van der Waals surface area contributed by atoms with E-state index >= 15 is 0 Å². The second-order valence-electron chi connectivity index (χ2n) is 11.4. The Morgan fingerprint density at radius 2 is 1.78 bits per heavy atom. The molecule has 2 aliphatic carbocycles. The van der Waals surface area contributed by atoms with Crippen molar-refractivity contribution in [2.45, 2.75) is 88.5 Å². The Morgan fingerprint density at radius 1 is 1.12 bits per heavy atom. The summed E-state index contributed by atoms with van der Waals surface area (Å²) in [6.07, 6.45) is 3.86. The van der Waals surface area contributed by atoms with Gasteiger partial charge in [-0.1, -0.05) is 11.6 Å². The molecule has 8 nitrogen and oxygen atoms in total. The zero-order valence-electron chi connectivity index (χ0n) is 23.4. The molecule has 0 spiro atoms. The van der Waals surface area contributed by atoms with E-state index in [-0.39, 0.29) is 47.8 Å². The highest BCUT2D eigenvalue weighted by Crippen LogP contribution is 2.51. The number of aromatic nitrogens is 1. The average molecular weight is 610 g/mol. The Kier molecular flexibility index (Phi) is 8.06. The molecular formula is C29H34ClF2N3O5S. The van der Waals surface area contributed by atoms with Crippen molar-refractivity contribution < 1.29 is 27.8 Å². The Morgan fingerprint density at radius 3 is 2.41 bits per heavy atom. The molecule has 41 heavy (non-hydrogen) atoms. The Balaban J connectivity index is 1.23. The van der Waals surface area contributed by atoms with Crippen molar-refractivity contribution in [3.63, 3.8) is 0 Å². The number of amides is 2. The first kappa shape index (κ1) is 29.7. The van der Waals surface area contributed by atoms with Gasteiger partial charge in [-0.25, -0.2) is 8.78 Å². The van der Waals surface area contributed by atoms with E-state index < -0.39 is 23.5 Å². The van der Waals surface area contributed by atoms with Gasteiger partial charge in [-0.15, -0.1) is 11.8 Å². The molecule has 12 heteroatoms. The second kappa shape index (κ2) is 11.1. The number of carbonyl (C=O) groups is 2. The highest BCUT2D eigenvalue weighted by molar-refractivity contribution is 7.98. The van der Waals surface area contributed by atoms with E-state index in [1.807, 2.05) is 19.2 Å². The first-order chi connectivity index (χ1) is 19.3. The van der Waals surface area contributed by atoms with Crippen LogP contribution in [0.2, 0.25) is 5.02 Å². The monoisotopic (exact) mass is 609 g/mol. The summed E-state index contributed by atoms with van der Waals surface area (Å²) in [5, 5.41) is 6.01. The van der Waals surface area contributed by atoms with Crippen molar-refractivity contribution in [2.24, 2.45) is 11.8 Å². The smallest absolute Gasteiger partial charge is 0.254 e. The van der Waals surface area contributed by atoms with Crippen LogP contribution in [-0.2, 0) is 11.3 Å². The van der Waals surface area contributed by atoms with Crippen LogP contribution in [0.25, 0.3) is 0 Å².